The fraction of sp³-hybridized carbons (Fsp3) is 0.400. The minimum atomic E-state index is -0.390. The molecule has 13 nitrogen and oxygen atoms in total. The van der Waals surface area contributed by atoms with Gasteiger partial charge < -0.3 is 24.6 Å². The minimum Gasteiger partial charge on any atom is -0.392 e. The van der Waals surface area contributed by atoms with Crippen LogP contribution in [-0.2, 0) is 31.2 Å². The summed E-state index contributed by atoms with van der Waals surface area (Å²) in [5.41, 5.74) is 5.46. The van der Waals surface area contributed by atoms with E-state index in [4.69, 9.17) is 4.74 Å². The van der Waals surface area contributed by atoms with Crippen LogP contribution >= 0.6 is 0 Å². The molecular weight excluding hydrogens is 610 g/mol. The van der Waals surface area contributed by atoms with Gasteiger partial charge in [0.1, 0.15) is 23.3 Å². The van der Waals surface area contributed by atoms with Gasteiger partial charge in [0.05, 0.1) is 25.1 Å². The number of rotatable bonds is 9. The SMILES string of the molecule is COCCN1CCN(c2ccc(Nc3cc(-c4ccnc(-n5ncn6c7c(cc6c5=O)CC(C)(C)C7)c4CO)cn(C)c3=O)nc2)CC1. The molecule has 2 aliphatic rings. The van der Waals surface area contributed by atoms with E-state index in [9.17, 15) is 14.7 Å². The number of piperazine rings is 1. The third kappa shape index (κ3) is 5.89. The van der Waals surface area contributed by atoms with Gasteiger partial charge >= 0.3 is 0 Å². The molecule has 13 heteroatoms. The van der Waals surface area contributed by atoms with E-state index >= 15 is 0 Å². The lowest BCUT2D eigenvalue weighted by atomic mass is 9.90. The molecule has 0 unspecified atom stereocenters. The van der Waals surface area contributed by atoms with Crippen LogP contribution in [0.1, 0.15) is 30.7 Å². The van der Waals surface area contributed by atoms with E-state index in [1.54, 1.807) is 45.0 Å². The molecule has 0 aromatic carbocycles. The third-order valence-electron chi connectivity index (χ3n) is 9.49. The number of nitrogens with zero attached hydrogens (tertiary/aromatic N) is 8. The van der Waals surface area contributed by atoms with Gasteiger partial charge in [0.2, 0.25) is 0 Å². The van der Waals surface area contributed by atoms with Crippen molar-refractivity contribution >= 4 is 22.7 Å². The van der Waals surface area contributed by atoms with E-state index < -0.39 is 6.61 Å². The number of pyridine rings is 3. The zero-order valence-corrected chi connectivity index (χ0v) is 27.8. The van der Waals surface area contributed by atoms with Crippen LogP contribution in [0, 0.1) is 5.41 Å². The standard InChI is InChI=1S/C35H41N9O4/c1-35(2)17-23-16-29-34(47)44(38-22-43(29)30(23)18-35)32-27(21-45)26(7-8-36-32)24-15-28(33(46)40(3)20-24)39-31-6-5-25(19-37-31)42-11-9-41(10-12-42)13-14-48-4/h5-8,15-16,19-20,22,45H,9-14,17-18,21H2,1-4H3,(H,37,39). The molecule has 0 radical (unpaired) electrons. The zero-order valence-electron chi connectivity index (χ0n) is 27.8. The summed E-state index contributed by atoms with van der Waals surface area (Å²) in [5.74, 6) is 0.778. The maximum absolute atomic E-state index is 13.7. The van der Waals surface area contributed by atoms with E-state index in [1.165, 1.54) is 9.25 Å². The number of hydrogen-bond donors (Lipinski definition) is 2. The second-order valence-electron chi connectivity index (χ2n) is 13.5. The first-order valence-electron chi connectivity index (χ1n) is 16.3. The van der Waals surface area contributed by atoms with E-state index in [2.05, 4.69) is 44.0 Å². The fourth-order valence-electron chi connectivity index (χ4n) is 6.99. The van der Waals surface area contributed by atoms with Gasteiger partial charge in [0.25, 0.3) is 11.1 Å². The number of hydrogen-bond acceptors (Lipinski definition) is 10. The van der Waals surface area contributed by atoms with Gasteiger partial charge in [-0.1, -0.05) is 13.8 Å². The highest BCUT2D eigenvalue weighted by Crippen LogP contribution is 2.37. The molecule has 2 N–H and O–H groups in total. The Balaban J connectivity index is 1.16. The first kappa shape index (κ1) is 31.7. The van der Waals surface area contributed by atoms with Crippen molar-refractivity contribution < 1.29 is 9.84 Å². The average molecular weight is 652 g/mol. The Morgan fingerprint density at radius 2 is 1.83 bits per heavy atom. The summed E-state index contributed by atoms with van der Waals surface area (Å²) < 4.78 is 9.81. The summed E-state index contributed by atoms with van der Waals surface area (Å²) in [6, 6.07) is 9.32. The highest BCUT2D eigenvalue weighted by molar-refractivity contribution is 5.73. The Bertz CT molecular complexity index is 2090. The average Bonchev–Trinajstić information content (AvgIpc) is 3.58. The van der Waals surface area contributed by atoms with Crippen molar-refractivity contribution in [2.75, 3.05) is 56.7 Å². The van der Waals surface area contributed by atoms with Gasteiger partial charge in [-0.25, -0.2) is 9.97 Å². The molecule has 1 saturated heterocycles. The Morgan fingerprint density at radius 1 is 1.02 bits per heavy atom. The van der Waals surface area contributed by atoms with Crippen LogP contribution in [-0.4, -0.2) is 85.2 Å². The van der Waals surface area contributed by atoms with Gasteiger partial charge in [0, 0.05) is 76.1 Å². The summed E-state index contributed by atoms with van der Waals surface area (Å²) in [4.78, 5) is 40.7. The second kappa shape index (κ2) is 12.6. The van der Waals surface area contributed by atoms with Crippen molar-refractivity contribution in [3.8, 4) is 16.9 Å². The summed E-state index contributed by atoms with van der Waals surface area (Å²) >= 11 is 0. The predicted octanol–water partition coefficient (Wildman–Crippen LogP) is 2.77. The highest BCUT2D eigenvalue weighted by atomic mass is 16.5. The predicted molar refractivity (Wildman–Crippen MR) is 184 cm³/mol. The molecular formula is C35H41N9O4. The Hall–Kier alpha value is -4.85. The highest BCUT2D eigenvalue weighted by Gasteiger charge is 2.32. The van der Waals surface area contributed by atoms with Crippen LogP contribution in [0.15, 0.2) is 64.8 Å². The molecule has 5 aromatic rings. The number of anilines is 3. The second-order valence-corrected chi connectivity index (χ2v) is 13.5. The first-order valence-corrected chi connectivity index (χ1v) is 16.3. The van der Waals surface area contributed by atoms with Gasteiger partial charge in [-0.3, -0.25) is 18.9 Å². The summed E-state index contributed by atoms with van der Waals surface area (Å²) in [6.07, 6.45) is 8.53. The maximum Gasteiger partial charge on any atom is 0.297 e. The van der Waals surface area contributed by atoms with Gasteiger partial charge in [-0.2, -0.15) is 9.78 Å². The van der Waals surface area contributed by atoms with Gasteiger partial charge in [-0.15, -0.1) is 0 Å². The van der Waals surface area contributed by atoms with E-state index in [1.807, 2.05) is 28.8 Å². The van der Waals surface area contributed by atoms with Crippen LogP contribution in [0.25, 0.3) is 22.5 Å². The molecule has 0 spiro atoms. The van der Waals surface area contributed by atoms with Crippen LogP contribution < -0.4 is 21.3 Å². The van der Waals surface area contributed by atoms with Crippen LogP contribution in [0.2, 0.25) is 0 Å². The number of aliphatic hydroxyl groups is 1. The van der Waals surface area contributed by atoms with Crippen LogP contribution in [0.3, 0.4) is 0 Å². The van der Waals surface area contributed by atoms with E-state index in [0.29, 0.717) is 33.7 Å². The Morgan fingerprint density at radius 3 is 2.56 bits per heavy atom. The molecule has 0 atom stereocenters. The molecule has 0 amide bonds. The van der Waals surface area contributed by atoms with Crippen molar-refractivity contribution in [1.82, 2.24) is 33.6 Å². The number of ether oxygens (including phenoxy) is 1. The maximum atomic E-state index is 13.7. The number of aromatic nitrogens is 6. The van der Waals surface area contributed by atoms with Crippen molar-refractivity contribution in [2.24, 2.45) is 12.5 Å². The molecule has 0 bridgehead atoms. The molecule has 5 aromatic heterocycles. The summed E-state index contributed by atoms with van der Waals surface area (Å²) in [5, 5.41) is 18.3. The van der Waals surface area contributed by atoms with Crippen molar-refractivity contribution in [1.29, 1.82) is 0 Å². The molecule has 1 aliphatic heterocycles. The number of fused-ring (bicyclic) bond motifs is 3. The number of methoxy groups -OCH3 is 1. The molecule has 0 saturated carbocycles. The van der Waals surface area contributed by atoms with Crippen LogP contribution in [0.4, 0.5) is 17.2 Å². The third-order valence-corrected chi connectivity index (χ3v) is 9.49. The smallest absolute Gasteiger partial charge is 0.297 e. The van der Waals surface area contributed by atoms with Crippen molar-refractivity contribution in [3.05, 3.63) is 92.8 Å². The van der Waals surface area contributed by atoms with Crippen molar-refractivity contribution in [3.63, 3.8) is 0 Å². The number of aryl methyl sites for hydroxylation is 1. The monoisotopic (exact) mass is 651 g/mol. The lowest BCUT2D eigenvalue weighted by Crippen LogP contribution is -2.47. The van der Waals surface area contributed by atoms with E-state index in [-0.39, 0.29) is 22.4 Å². The molecule has 48 heavy (non-hydrogen) atoms. The van der Waals surface area contributed by atoms with Gasteiger partial charge in [-0.05, 0) is 59.7 Å². The summed E-state index contributed by atoms with van der Waals surface area (Å²) in [6.45, 7) is 9.45. The molecule has 1 fully saturated rings. The normalized spacial score (nSPS) is 16.1. The van der Waals surface area contributed by atoms with Crippen LogP contribution in [0.5, 0.6) is 0 Å². The van der Waals surface area contributed by atoms with Crippen molar-refractivity contribution in [2.45, 2.75) is 33.3 Å². The largest absolute Gasteiger partial charge is 0.392 e. The first-order chi connectivity index (χ1) is 23.2. The molecule has 6 heterocycles. The lowest BCUT2D eigenvalue weighted by molar-refractivity contribution is 0.144. The zero-order chi connectivity index (χ0) is 33.6. The quantitative estimate of drug-likeness (QED) is 0.245. The number of nitrogens with one attached hydrogen (secondary N) is 1. The molecule has 250 valence electrons. The van der Waals surface area contributed by atoms with Gasteiger partial charge in [0.15, 0.2) is 5.82 Å². The van der Waals surface area contributed by atoms with E-state index in [0.717, 1.165) is 69.1 Å². The minimum absolute atomic E-state index is 0.143. The molecule has 7 rings (SSSR count). The Kier molecular flexibility index (Phi) is 8.36. The Labute approximate surface area is 278 Å². The lowest BCUT2D eigenvalue weighted by Gasteiger charge is -2.35. The topological polar surface area (TPSA) is 135 Å². The molecule has 1 aliphatic carbocycles. The summed E-state index contributed by atoms with van der Waals surface area (Å²) in [7, 11) is 3.40. The fourth-order valence-corrected chi connectivity index (χ4v) is 6.99. The number of aliphatic hydroxyl groups excluding tert-OH is 1.